The van der Waals surface area contributed by atoms with Crippen molar-refractivity contribution in [2.24, 2.45) is 5.92 Å². The first-order chi connectivity index (χ1) is 12.7. The average Bonchev–Trinajstić information content (AvgIpc) is 2.69. The number of aromatic nitrogens is 1. The van der Waals surface area contributed by atoms with Crippen LogP contribution in [0.5, 0.6) is 11.5 Å². The van der Waals surface area contributed by atoms with Crippen LogP contribution >= 0.6 is 0 Å². The Morgan fingerprint density at radius 2 is 1.58 bits per heavy atom. The van der Waals surface area contributed by atoms with Gasteiger partial charge in [0.25, 0.3) is 0 Å². The average molecular weight is 356 g/mol. The highest BCUT2D eigenvalue weighted by Gasteiger charge is 2.03. The fourth-order valence-electron chi connectivity index (χ4n) is 2.66. The molecule has 142 valence electrons. The van der Waals surface area contributed by atoms with E-state index in [-0.39, 0.29) is 0 Å². The lowest BCUT2D eigenvalue weighted by molar-refractivity contribution is 0.282. The normalized spacial score (nSPS) is 12.0. The Morgan fingerprint density at radius 3 is 2.23 bits per heavy atom. The highest BCUT2D eigenvalue weighted by Crippen LogP contribution is 2.23. The summed E-state index contributed by atoms with van der Waals surface area (Å²) in [6.45, 7) is 8.24. The minimum Gasteiger partial charge on any atom is -0.494 e. The van der Waals surface area contributed by atoms with Crippen LogP contribution in [0.1, 0.15) is 59.3 Å². The van der Waals surface area contributed by atoms with Crippen LogP contribution in [0.4, 0.5) is 0 Å². The number of nitrogens with zero attached hydrogens (tertiary/aromatic N) is 1. The number of benzene rings is 1. The van der Waals surface area contributed by atoms with Gasteiger partial charge < -0.3 is 9.47 Å². The number of ether oxygens (including phenoxy) is 2. The molecule has 3 heteroatoms. The van der Waals surface area contributed by atoms with Gasteiger partial charge in [0.1, 0.15) is 11.5 Å². The maximum atomic E-state index is 5.82. The van der Waals surface area contributed by atoms with E-state index in [4.69, 9.17) is 9.47 Å². The SMILES string of the molecule is CCCCCCOc1ccc(-c2ccc(OCCC(C)CC)cc2)nc1. The summed E-state index contributed by atoms with van der Waals surface area (Å²) in [6.07, 6.45) is 8.97. The minimum atomic E-state index is 0.714. The second kappa shape index (κ2) is 11.6. The molecule has 0 amide bonds. The summed E-state index contributed by atoms with van der Waals surface area (Å²) in [5.41, 5.74) is 2.04. The Labute approximate surface area is 158 Å². The number of hydrogen-bond donors (Lipinski definition) is 0. The fraction of sp³-hybridized carbons (Fsp3) is 0.522. The molecule has 0 N–H and O–H groups in total. The van der Waals surface area contributed by atoms with E-state index < -0.39 is 0 Å². The summed E-state index contributed by atoms with van der Waals surface area (Å²) in [6, 6.07) is 12.2. The monoisotopic (exact) mass is 355 g/mol. The molecule has 1 unspecified atom stereocenters. The van der Waals surface area contributed by atoms with E-state index >= 15 is 0 Å². The maximum absolute atomic E-state index is 5.82. The highest BCUT2D eigenvalue weighted by atomic mass is 16.5. The first-order valence-electron chi connectivity index (χ1n) is 10.0. The number of rotatable bonds is 12. The van der Waals surface area contributed by atoms with Crippen molar-refractivity contribution in [2.45, 2.75) is 59.3 Å². The summed E-state index contributed by atoms with van der Waals surface area (Å²) in [7, 11) is 0. The number of pyridine rings is 1. The van der Waals surface area contributed by atoms with Crippen molar-refractivity contribution in [3.63, 3.8) is 0 Å². The second-order valence-corrected chi connectivity index (χ2v) is 6.96. The lowest BCUT2D eigenvalue weighted by Gasteiger charge is -2.10. The lowest BCUT2D eigenvalue weighted by atomic mass is 10.1. The van der Waals surface area contributed by atoms with E-state index in [0.29, 0.717) is 5.92 Å². The van der Waals surface area contributed by atoms with E-state index in [1.807, 2.05) is 30.5 Å². The van der Waals surface area contributed by atoms with Gasteiger partial charge in [0.2, 0.25) is 0 Å². The zero-order valence-corrected chi connectivity index (χ0v) is 16.5. The zero-order valence-electron chi connectivity index (χ0n) is 16.5. The van der Waals surface area contributed by atoms with Crippen LogP contribution in [-0.2, 0) is 0 Å². The first-order valence-corrected chi connectivity index (χ1v) is 10.0. The topological polar surface area (TPSA) is 31.4 Å². The van der Waals surface area contributed by atoms with Gasteiger partial charge in [-0.3, -0.25) is 4.98 Å². The standard InChI is InChI=1S/C23H33NO2/c1-4-6-7-8-16-25-22-13-14-23(24-18-22)20-9-11-21(12-10-20)26-17-15-19(3)5-2/h9-14,18-19H,4-8,15-17H2,1-3H3. The van der Waals surface area contributed by atoms with Crippen LogP contribution in [-0.4, -0.2) is 18.2 Å². The van der Waals surface area contributed by atoms with Gasteiger partial charge >= 0.3 is 0 Å². The molecule has 26 heavy (non-hydrogen) atoms. The Balaban J connectivity index is 1.81. The molecule has 0 aliphatic heterocycles. The largest absolute Gasteiger partial charge is 0.494 e. The van der Waals surface area contributed by atoms with Crippen LogP contribution in [0.3, 0.4) is 0 Å². The van der Waals surface area contributed by atoms with Gasteiger partial charge in [0.15, 0.2) is 0 Å². The van der Waals surface area contributed by atoms with Crippen molar-refractivity contribution in [1.82, 2.24) is 4.98 Å². The van der Waals surface area contributed by atoms with Crippen molar-refractivity contribution >= 4 is 0 Å². The van der Waals surface area contributed by atoms with E-state index in [1.165, 1.54) is 25.7 Å². The summed E-state index contributed by atoms with van der Waals surface area (Å²) in [5, 5.41) is 0. The van der Waals surface area contributed by atoms with Crippen LogP contribution in [0.2, 0.25) is 0 Å². The van der Waals surface area contributed by atoms with Crippen molar-refractivity contribution in [1.29, 1.82) is 0 Å². The molecule has 0 aliphatic carbocycles. The van der Waals surface area contributed by atoms with Gasteiger partial charge in [-0.25, -0.2) is 0 Å². The second-order valence-electron chi connectivity index (χ2n) is 6.96. The molecule has 0 bridgehead atoms. The smallest absolute Gasteiger partial charge is 0.137 e. The highest BCUT2D eigenvalue weighted by molar-refractivity contribution is 5.60. The Morgan fingerprint density at radius 1 is 0.846 bits per heavy atom. The molecule has 0 aliphatic rings. The van der Waals surface area contributed by atoms with Gasteiger partial charge in [-0.15, -0.1) is 0 Å². The molecule has 0 spiro atoms. The molecule has 2 rings (SSSR count). The third kappa shape index (κ3) is 7.07. The van der Waals surface area contributed by atoms with Gasteiger partial charge in [-0.2, -0.15) is 0 Å². The molecule has 0 saturated carbocycles. The zero-order chi connectivity index (χ0) is 18.6. The Kier molecular flexibility index (Phi) is 9.02. The van der Waals surface area contributed by atoms with Crippen molar-refractivity contribution in [3.8, 4) is 22.8 Å². The van der Waals surface area contributed by atoms with Gasteiger partial charge in [0.05, 0.1) is 25.1 Å². The minimum absolute atomic E-state index is 0.714. The molecule has 1 aromatic heterocycles. The molecule has 2 aromatic rings. The van der Waals surface area contributed by atoms with Gasteiger partial charge in [0, 0.05) is 5.56 Å². The summed E-state index contributed by atoms with van der Waals surface area (Å²) < 4.78 is 11.6. The molecule has 1 heterocycles. The van der Waals surface area contributed by atoms with Gasteiger partial charge in [-0.05, 0) is 55.2 Å². The van der Waals surface area contributed by atoms with E-state index in [2.05, 4.69) is 37.9 Å². The van der Waals surface area contributed by atoms with E-state index in [1.54, 1.807) is 0 Å². The number of unbranched alkanes of at least 4 members (excludes halogenated alkanes) is 3. The molecule has 3 nitrogen and oxygen atoms in total. The van der Waals surface area contributed by atoms with Crippen molar-refractivity contribution in [3.05, 3.63) is 42.6 Å². The third-order valence-corrected chi connectivity index (χ3v) is 4.73. The van der Waals surface area contributed by atoms with E-state index in [9.17, 15) is 0 Å². The lowest BCUT2D eigenvalue weighted by Crippen LogP contribution is -2.03. The Hall–Kier alpha value is -2.03. The predicted molar refractivity (Wildman–Crippen MR) is 109 cm³/mol. The number of hydrogen-bond acceptors (Lipinski definition) is 3. The molecule has 0 saturated heterocycles. The first kappa shape index (κ1) is 20.3. The summed E-state index contributed by atoms with van der Waals surface area (Å²) in [4.78, 5) is 4.52. The quantitative estimate of drug-likeness (QED) is 0.406. The van der Waals surface area contributed by atoms with Crippen molar-refractivity contribution < 1.29 is 9.47 Å². The molecular weight excluding hydrogens is 322 g/mol. The molecule has 0 fully saturated rings. The predicted octanol–water partition coefficient (Wildman–Crippen LogP) is 6.52. The third-order valence-electron chi connectivity index (χ3n) is 4.73. The Bertz CT molecular complexity index is 607. The molecule has 1 atom stereocenters. The van der Waals surface area contributed by atoms with E-state index in [0.717, 1.165) is 48.8 Å². The molecule has 0 radical (unpaired) electrons. The fourth-order valence-corrected chi connectivity index (χ4v) is 2.66. The van der Waals surface area contributed by atoms with Gasteiger partial charge in [-0.1, -0.05) is 46.5 Å². The van der Waals surface area contributed by atoms with Crippen LogP contribution in [0.15, 0.2) is 42.6 Å². The van der Waals surface area contributed by atoms with Crippen molar-refractivity contribution in [2.75, 3.05) is 13.2 Å². The van der Waals surface area contributed by atoms with Crippen LogP contribution in [0.25, 0.3) is 11.3 Å². The maximum Gasteiger partial charge on any atom is 0.137 e. The summed E-state index contributed by atoms with van der Waals surface area (Å²) >= 11 is 0. The van der Waals surface area contributed by atoms with Crippen LogP contribution in [0, 0.1) is 5.92 Å². The summed E-state index contributed by atoms with van der Waals surface area (Å²) in [5.74, 6) is 2.48. The molecular formula is C23H33NO2. The van der Waals surface area contributed by atoms with Crippen LogP contribution < -0.4 is 9.47 Å². The molecule has 1 aromatic carbocycles.